The predicted molar refractivity (Wildman–Crippen MR) is 133 cm³/mol. The zero-order valence-electron chi connectivity index (χ0n) is 17.4. The van der Waals surface area contributed by atoms with Crippen LogP contribution in [0.25, 0.3) is 22.6 Å². The Kier molecular flexibility index (Phi) is 6.69. The van der Waals surface area contributed by atoms with Gasteiger partial charge in [-0.2, -0.15) is 0 Å². The third-order valence-corrected chi connectivity index (χ3v) is 5.43. The predicted octanol–water partition coefficient (Wildman–Crippen LogP) is 5.95. The van der Waals surface area contributed by atoms with E-state index >= 15 is 0 Å². The summed E-state index contributed by atoms with van der Waals surface area (Å²) in [5.41, 5.74) is 2.83. The summed E-state index contributed by atoms with van der Waals surface area (Å²) in [5.74, 6) is 1.16. The number of hydrogen-bond donors (Lipinski definition) is 2. The molecule has 33 heavy (non-hydrogen) atoms. The lowest BCUT2D eigenvalue weighted by molar-refractivity contribution is 0.0978. The van der Waals surface area contributed by atoms with Crippen LogP contribution in [0.5, 0.6) is 11.5 Å². The van der Waals surface area contributed by atoms with Crippen LogP contribution in [0.4, 0.5) is 5.69 Å². The molecule has 0 saturated carbocycles. The summed E-state index contributed by atoms with van der Waals surface area (Å²) in [6.45, 7) is 0. The van der Waals surface area contributed by atoms with Gasteiger partial charge in [0.05, 0.1) is 24.8 Å². The number of oxazole rings is 1. The first-order valence-corrected chi connectivity index (χ1v) is 10.7. The molecule has 3 aromatic carbocycles. The fourth-order valence-corrected chi connectivity index (χ4v) is 3.81. The molecule has 0 aliphatic rings. The third-order valence-electron chi connectivity index (χ3n) is 4.68. The van der Waals surface area contributed by atoms with Crippen LogP contribution in [0.3, 0.4) is 0 Å². The fourth-order valence-electron chi connectivity index (χ4n) is 3.10. The molecule has 1 heterocycles. The Labute approximate surface area is 204 Å². The molecule has 168 valence electrons. The van der Waals surface area contributed by atoms with Crippen molar-refractivity contribution in [3.05, 3.63) is 70.2 Å². The molecule has 0 spiro atoms. The maximum atomic E-state index is 12.4. The smallest absolute Gasteiger partial charge is 0.258 e. The van der Waals surface area contributed by atoms with Crippen LogP contribution in [0.15, 0.2) is 59.0 Å². The van der Waals surface area contributed by atoms with Crippen molar-refractivity contribution >= 4 is 63.2 Å². The second kappa shape index (κ2) is 9.66. The average molecular weight is 502 g/mol. The number of halogens is 2. The molecule has 0 atom stereocenters. The Hall–Kier alpha value is -3.33. The topological polar surface area (TPSA) is 85.6 Å². The van der Waals surface area contributed by atoms with Crippen LogP contribution in [0.1, 0.15) is 10.4 Å². The number of methoxy groups -OCH3 is 2. The zero-order chi connectivity index (χ0) is 23.5. The first-order chi connectivity index (χ1) is 15.9. The summed E-state index contributed by atoms with van der Waals surface area (Å²) in [7, 11) is 3.14. The molecular weight excluding hydrogens is 485 g/mol. The number of carbonyl (C=O) groups is 1. The van der Waals surface area contributed by atoms with Crippen LogP contribution in [0.2, 0.25) is 10.0 Å². The largest absolute Gasteiger partial charge is 0.493 e. The van der Waals surface area contributed by atoms with Gasteiger partial charge in [0.15, 0.2) is 22.2 Å². The molecule has 0 saturated heterocycles. The van der Waals surface area contributed by atoms with E-state index in [1.54, 1.807) is 50.6 Å². The van der Waals surface area contributed by atoms with Gasteiger partial charge >= 0.3 is 0 Å². The van der Waals surface area contributed by atoms with Crippen molar-refractivity contribution in [3.8, 4) is 23.0 Å². The molecule has 4 aromatic rings. The first-order valence-electron chi connectivity index (χ1n) is 9.58. The maximum absolute atomic E-state index is 12.4. The quantitative estimate of drug-likeness (QED) is 0.327. The molecule has 0 unspecified atom stereocenters. The SMILES string of the molecule is COc1ccc(-c2nc3cc(NC(=S)NC(=O)c4ccc(Cl)cc4Cl)ccc3o2)cc1OC. The molecule has 0 radical (unpaired) electrons. The number of nitrogens with one attached hydrogen (secondary N) is 2. The number of ether oxygens (including phenoxy) is 2. The minimum atomic E-state index is -0.451. The first kappa shape index (κ1) is 22.8. The summed E-state index contributed by atoms with van der Waals surface area (Å²) >= 11 is 17.2. The van der Waals surface area contributed by atoms with Gasteiger partial charge in [-0.15, -0.1) is 0 Å². The molecule has 0 aliphatic carbocycles. The number of fused-ring (bicyclic) bond motifs is 1. The van der Waals surface area contributed by atoms with Crippen molar-refractivity contribution in [3.63, 3.8) is 0 Å². The van der Waals surface area contributed by atoms with Gasteiger partial charge in [0, 0.05) is 16.3 Å². The minimum absolute atomic E-state index is 0.106. The molecule has 1 aromatic heterocycles. The van der Waals surface area contributed by atoms with Gasteiger partial charge in [-0.05, 0) is 66.8 Å². The van der Waals surface area contributed by atoms with Crippen LogP contribution in [-0.2, 0) is 0 Å². The number of nitrogens with zero attached hydrogens (tertiary/aromatic N) is 1. The van der Waals surface area contributed by atoms with Crippen LogP contribution in [0, 0.1) is 0 Å². The number of benzene rings is 3. The summed E-state index contributed by atoms with van der Waals surface area (Å²) in [6, 6.07) is 15.3. The Morgan fingerprint density at radius 2 is 1.79 bits per heavy atom. The molecule has 2 N–H and O–H groups in total. The Balaban J connectivity index is 1.50. The Bertz CT molecular complexity index is 1370. The minimum Gasteiger partial charge on any atom is -0.493 e. The fraction of sp³-hybridized carbons (Fsp3) is 0.0870. The highest BCUT2D eigenvalue weighted by Gasteiger charge is 2.14. The van der Waals surface area contributed by atoms with Gasteiger partial charge < -0.3 is 19.2 Å². The molecule has 4 rings (SSSR count). The van der Waals surface area contributed by atoms with Gasteiger partial charge in [0.2, 0.25) is 5.89 Å². The van der Waals surface area contributed by atoms with Gasteiger partial charge in [-0.25, -0.2) is 4.98 Å². The summed E-state index contributed by atoms with van der Waals surface area (Å²) in [4.78, 5) is 17.0. The van der Waals surface area contributed by atoms with E-state index in [1.807, 2.05) is 6.07 Å². The number of anilines is 1. The molecule has 7 nitrogen and oxygen atoms in total. The molecule has 1 amide bonds. The van der Waals surface area contributed by atoms with E-state index in [1.165, 1.54) is 12.1 Å². The molecule has 0 aliphatic heterocycles. The molecule has 0 fully saturated rings. The number of carbonyl (C=O) groups excluding carboxylic acids is 1. The summed E-state index contributed by atoms with van der Waals surface area (Å²) < 4.78 is 16.5. The number of thiocarbonyl (C=S) groups is 1. The van der Waals surface area contributed by atoms with Crippen molar-refractivity contribution < 1.29 is 18.7 Å². The average Bonchev–Trinajstić information content (AvgIpc) is 3.21. The number of hydrogen-bond acceptors (Lipinski definition) is 6. The Morgan fingerprint density at radius 3 is 2.52 bits per heavy atom. The van der Waals surface area contributed by atoms with Crippen molar-refractivity contribution in [2.45, 2.75) is 0 Å². The van der Waals surface area contributed by atoms with E-state index in [9.17, 15) is 4.79 Å². The second-order valence-electron chi connectivity index (χ2n) is 6.80. The van der Waals surface area contributed by atoms with Crippen LogP contribution < -0.4 is 20.1 Å². The zero-order valence-corrected chi connectivity index (χ0v) is 19.8. The standard InChI is InChI=1S/C23H17Cl2N3O4S/c1-30-19-7-3-12(9-20(19)31-2)22-27-17-11-14(5-8-18(17)32-22)26-23(33)28-21(29)15-6-4-13(24)10-16(15)25/h3-11H,1-2H3,(H2,26,28,29,33). The highest BCUT2D eigenvalue weighted by atomic mass is 35.5. The monoisotopic (exact) mass is 501 g/mol. The number of amides is 1. The maximum Gasteiger partial charge on any atom is 0.258 e. The van der Waals surface area contributed by atoms with E-state index in [-0.39, 0.29) is 15.7 Å². The van der Waals surface area contributed by atoms with Gasteiger partial charge in [-0.1, -0.05) is 23.2 Å². The molecular formula is C23H17Cl2N3O4S. The normalized spacial score (nSPS) is 10.7. The van der Waals surface area contributed by atoms with Gasteiger partial charge in [0.1, 0.15) is 5.52 Å². The van der Waals surface area contributed by atoms with Gasteiger partial charge in [0.25, 0.3) is 5.91 Å². The lowest BCUT2D eigenvalue weighted by atomic mass is 10.2. The van der Waals surface area contributed by atoms with Crippen molar-refractivity contribution in [1.82, 2.24) is 10.3 Å². The van der Waals surface area contributed by atoms with E-state index in [2.05, 4.69) is 15.6 Å². The van der Waals surface area contributed by atoms with Gasteiger partial charge in [-0.3, -0.25) is 10.1 Å². The van der Waals surface area contributed by atoms with E-state index in [0.29, 0.717) is 39.2 Å². The molecule has 10 heteroatoms. The van der Waals surface area contributed by atoms with Crippen molar-refractivity contribution in [2.24, 2.45) is 0 Å². The summed E-state index contributed by atoms with van der Waals surface area (Å²) in [6.07, 6.45) is 0. The lowest BCUT2D eigenvalue weighted by Gasteiger charge is -2.10. The van der Waals surface area contributed by atoms with Crippen molar-refractivity contribution in [2.75, 3.05) is 19.5 Å². The van der Waals surface area contributed by atoms with E-state index in [4.69, 9.17) is 49.3 Å². The van der Waals surface area contributed by atoms with Crippen LogP contribution >= 0.6 is 35.4 Å². The highest BCUT2D eigenvalue weighted by molar-refractivity contribution is 7.80. The summed E-state index contributed by atoms with van der Waals surface area (Å²) in [5, 5.41) is 6.32. The number of rotatable bonds is 5. The Morgan fingerprint density at radius 1 is 1.00 bits per heavy atom. The lowest BCUT2D eigenvalue weighted by Crippen LogP contribution is -2.34. The van der Waals surface area contributed by atoms with E-state index < -0.39 is 5.91 Å². The number of aromatic nitrogens is 1. The van der Waals surface area contributed by atoms with Crippen molar-refractivity contribution in [1.29, 1.82) is 0 Å². The second-order valence-corrected chi connectivity index (χ2v) is 8.06. The van der Waals surface area contributed by atoms with Crippen LogP contribution in [-0.4, -0.2) is 30.2 Å². The third kappa shape index (κ3) is 5.03. The highest BCUT2D eigenvalue weighted by Crippen LogP contribution is 2.33. The van der Waals surface area contributed by atoms with E-state index in [0.717, 1.165) is 5.56 Å². The molecule has 0 bridgehead atoms.